The first-order valence-electron chi connectivity index (χ1n) is 6.10. The zero-order chi connectivity index (χ0) is 13.1. The van der Waals surface area contributed by atoms with Gasteiger partial charge in [0.2, 0.25) is 0 Å². The van der Waals surface area contributed by atoms with Crippen LogP contribution in [0, 0.1) is 6.92 Å². The van der Waals surface area contributed by atoms with Crippen molar-refractivity contribution in [2.24, 2.45) is 5.73 Å². The molecule has 2 rings (SSSR count). The number of hydrogen-bond acceptors (Lipinski definition) is 3. The lowest BCUT2D eigenvalue weighted by atomic mass is 10.1. The predicted molar refractivity (Wildman–Crippen MR) is 76.1 cm³/mol. The highest BCUT2D eigenvalue weighted by Gasteiger charge is 2.06. The summed E-state index contributed by atoms with van der Waals surface area (Å²) in [6.45, 7) is 4.05. The Labute approximate surface area is 108 Å². The van der Waals surface area contributed by atoms with Gasteiger partial charge in [-0.2, -0.15) is 0 Å². The fourth-order valence-corrected chi connectivity index (χ4v) is 1.83. The molecule has 3 heteroatoms. The zero-order valence-corrected chi connectivity index (χ0v) is 11.1. The van der Waals surface area contributed by atoms with Crippen LogP contribution in [0.1, 0.15) is 24.1 Å². The molecule has 0 bridgehead atoms. The third-order valence-corrected chi connectivity index (χ3v) is 3.03. The quantitative estimate of drug-likeness (QED) is 0.897. The van der Waals surface area contributed by atoms with E-state index in [1.165, 1.54) is 5.56 Å². The molecule has 0 amide bonds. The molecule has 0 spiro atoms. The van der Waals surface area contributed by atoms with Crippen LogP contribution in [-0.4, -0.2) is 12.0 Å². The molecule has 1 aromatic heterocycles. The molecule has 94 valence electrons. The van der Waals surface area contributed by atoms with Gasteiger partial charge in [-0.15, -0.1) is 0 Å². The van der Waals surface area contributed by atoms with Crippen molar-refractivity contribution in [1.82, 2.24) is 4.98 Å². The van der Waals surface area contributed by atoms with Crippen LogP contribution in [0.2, 0.25) is 0 Å². The molecule has 0 fully saturated rings. The normalized spacial score (nSPS) is 12.2. The summed E-state index contributed by atoms with van der Waals surface area (Å²) in [4.78, 5) is 6.52. The number of nitrogens with zero attached hydrogens (tertiary/aromatic N) is 2. The number of benzene rings is 1. The minimum Gasteiger partial charge on any atom is -0.329 e. The van der Waals surface area contributed by atoms with Crippen molar-refractivity contribution >= 4 is 11.5 Å². The first kappa shape index (κ1) is 12.6. The number of nitrogens with two attached hydrogens (primary N) is 1. The van der Waals surface area contributed by atoms with Crippen LogP contribution in [0.5, 0.6) is 0 Å². The molecule has 3 nitrogen and oxygen atoms in total. The molecule has 2 aromatic rings. The molecule has 1 heterocycles. The zero-order valence-electron chi connectivity index (χ0n) is 11.1. The van der Waals surface area contributed by atoms with Crippen LogP contribution in [0.3, 0.4) is 0 Å². The molecule has 0 aliphatic heterocycles. The molecule has 1 atom stereocenters. The van der Waals surface area contributed by atoms with Gasteiger partial charge in [0.15, 0.2) is 0 Å². The van der Waals surface area contributed by atoms with Crippen molar-refractivity contribution in [3.8, 4) is 0 Å². The summed E-state index contributed by atoms with van der Waals surface area (Å²) in [5, 5.41) is 0. The van der Waals surface area contributed by atoms with Gasteiger partial charge < -0.3 is 10.6 Å². The number of anilines is 2. The highest BCUT2D eigenvalue weighted by Crippen LogP contribution is 2.23. The molecule has 0 radical (unpaired) electrons. The highest BCUT2D eigenvalue weighted by molar-refractivity contribution is 5.59. The summed E-state index contributed by atoms with van der Waals surface area (Å²) in [6, 6.07) is 12.4. The Balaban J connectivity index is 2.26. The molecule has 0 unspecified atom stereocenters. The van der Waals surface area contributed by atoms with Crippen molar-refractivity contribution in [2.45, 2.75) is 19.9 Å². The van der Waals surface area contributed by atoms with Crippen LogP contribution in [0.15, 0.2) is 42.6 Å². The van der Waals surface area contributed by atoms with Crippen molar-refractivity contribution in [1.29, 1.82) is 0 Å². The van der Waals surface area contributed by atoms with E-state index in [0.29, 0.717) is 0 Å². The van der Waals surface area contributed by atoms with Crippen molar-refractivity contribution in [3.63, 3.8) is 0 Å². The topological polar surface area (TPSA) is 42.1 Å². The lowest BCUT2D eigenvalue weighted by molar-refractivity contribution is 0.811. The van der Waals surface area contributed by atoms with Gasteiger partial charge >= 0.3 is 0 Å². The molecule has 0 aliphatic rings. The average Bonchev–Trinajstić information content (AvgIpc) is 2.38. The van der Waals surface area contributed by atoms with E-state index in [1.807, 2.05) is 32.3 Å². The van der Waals surface area contributed by atoms with Gasteiger partial charge in [-0.1, -0.05) is 18.2 Å². The lowest BCUT2D eigenvalue weighted by Crippen LogP contribution is -2.12. The summed E-state index contributed by atoms with van der Waals surface area (Å²) in [6.07, 6.45) is 1.84. The first-order chi connectivity index (χ1) is 8.58. The lowest BCUT2D eigenvalue weighted by Gasteiger charge is -2.19. The van der Waals surface area contributed by atoms with E-state index in [0.717, 1.165) is 17.1 Å². The van der Waals surface area contributed by atoms with Crippen LogP contribution < -0.4 is 10.6 Å². The largest absolute Gasteiger partial charge is 0.329 e. The highest BCUT2D eigenvalue weighted by atomic mass is 15.2. The van der Waals surface area contributed by atoms with Gasteiger partial charge in [-0.05, 0) is 43.2 Å². The Bertz CT molecular complexity index is 518. The number of aromatic nitrogens is 1. The number of hydrogen-bond donors (Lipinski definition) is 1. The van der Waals surface area contributed by atoms with Crippen LogP contribution in [0.4, 0.5) is 11.5 Å². The molecule has 18 heavy (non-hydrogen) atoms. The van der Waals surface area contributed by atoms with E-state index in [9.17, 15) is 0 Å². The predicted octanol–water partition coefficient (Wildman–Crippen LogP) is 3.18. The second kappa shape index (κ2) is 5.19. The van der Waals surface area contributed by atoms with E-state index in [2.05, 4.69) is 41.1 Å². The maximum absolute atomic E-state index is 5.82. The summed E-state index contributed by atoms with van der Waals surface area (Å²) in [7, 11) is 2.02. The summed E-state index contributed by atoms with van der Waals surface area (Å²) in [5.74, 6) is 0.921. The van der Waals surface area contributed by atoms with Crippen molar-refractivity contribution in [3.05, 3.63) is 53.7 Å². The Morgan fingerprint density at radius 2 is 2.00 bits per heavy atom. The Morgan fingerprint density at radius 3 is 2.56 bits per heavy atom. The summed E-state index contributed by atoms with van der Waals surface area (Å²) in [5.41, 5.74) is 9.25. The molecule has 2 N–H and O–H groups in total. The van der Waals surface area contributed by atoms with Gasteiger partial charge in [-0.25, -0.2) is 4.98 Å². The van der Waals surface area contributed by atoms with E-state index in [-0.39, 0.29) is 6.04 Å². The third-order valence-electron chi connectivity index (χ3n) is 3.03. The summed E-state index contributed by atoms with van der Waals surface area (Å²) >= 11 is 0. The molecule has 1 aromatic carbocycles. The fraction of sp³-hybridized carbons (Fsp3) is 0.267. The number of pyridine rings is 1. The Morgan fingerprint density at radius 1 is 1.22 bits per heavy atom. The van der Waals surface area contributed by atoms with Gasteiger partial charge in [-0.3, -0.25) is 0 Å². The Kier molecular flexibility index (Phi) is 3.63. The molecule has 0 aliphatic carbocycles. The van der Waals surface area contributed by atoms with E-state index in [1.54, 1.807) is 0 Å². The fourth-order valence-electron chi connectivity index (χ4n) is 1.83. The maximum atomic E-state index is 5.82. The van der Waals surface area contributed by atoms with Gasteiger partial charge in [0, 0.05) is 25.0 Å². The van der Waals surface area contributed by atoms with Crippen LogP contribution in [-0.2, 0) is 0 Å². The van der Waals surface area contributed by atoms with Crippen molar-refractivity contribution in [2.75, 3.05) is 11.9 Å². The van der Waals surface area contributed by atoms with Crippen LogP contribution in [0.25, 0.3) is 0 Å². The van der Waals surface area contributed by atoms with E-state index < -0.39 is 0 Å². The molecule has 0 saturated heterocycles. The van der Waals surface area contributed by atoms with Gasteiger partial charge in [0.25, 0.3) is 0 Å². The first-order valence-corrected chi connectivity index (χ1v) is 6.10. The molecular weight excluding hydrogens is 222 g/mol. The van der Waals surface area contributed by atoms with Crippen molar-refractivity contribution < 1.29 is 0 Å². The second-order valence-electron chi connectivity index (χ2n) is 4.64. The SMILES string of the molecule is Cc1cccc(N(C)c2ccc([C@H](C)N)cn2)c1. The van der Waals surface area contributed by atoms with Gasteiger partial charge in [0.05, 0.1) is 0 Å². The standard InChI is InChI=1S/C15H19N3/c1-11-5-4-6-14(9-11)18(3)15-8-7-13(10-17-15)12(2)16/h4-10,12H,16H2,1-3H3/t12-/m0/s1. The van der Waals surface area contributed by atoms with E-state index >= 15 is 0 Å². The average molecular weight is 241 g/mol. The maximum Gasteiger partial charge on any atom is 0.132 e. The minimum atomic E-state index is 0.0239. The minimum absolute atomic E-state index is 0.0239. The Hall–Kier alpha value is -1.87. The van der Waals surface area contributed by atoms with Gasteiger partial charge in [0.1, 0.15) is 5.82 Å². The smallest absolute Gasteiger partial charge is 0.132 e. The number of aryl methyl sites for hydroxylation is 1. The van der Waals surface area contributed by atoms with Crippen LogP contribution >= 0.6 is 0 Å². The second-order valence-corrected chi connectivity index (χ2v) is 4.64. The molecule has 0 saturated carbocycles. The third kappa shape index (κ3) is 2.68. The summed E-state index contributed by atoms with van der Waals surface area (Å²) < 4.78 is 0. The number of rotatable bonds is 3. The molecular formula is C15H19N3. The van der Waals surface area contributed by atoms with E-state index in [4.69, 9.17) is 5.73 Å². The monoisotopic (exact) mass is 241 g/mol.